The van der Waals surface area contributed by atoms with Gasteiger partial charge in [0.05, 0.1) is 6.54 Å². The third-order valence-corrected chi connectivity index (χ3v) is 2.61. The van der Waals surface area contributed by atoms with Crippen molar-refractivity contribution in [1.82, 2.24) is 4.90 Å². The van der Waals surface area contributed by atoms with Crippen molar-refractivity contribution in [2.24, 2.45) is 0 Å². The molecule has 0 radical (unpaired) electrons. The highest BCUT2D eigenvalue weighted by Gasteiger charge is 2.18. The van der Waals surface area contributed by atoms with Gasteiger partial charge >= 0.3 is 5.97 Å². The van der Waals surface area contributed by atoms with E-state index in [0.717, 1.165) is 38.6 Å². The lowest BCUT2D eigenvalue weighted by molar-refractivity contribution is -0.139. The summed E-state index contributed by atoms with van der Waals surface area (Å²) >= 11 is 0. The summed E-state index contributed by atoms with van der Waals surface area (Å²) < 4.78 is 0. The zero-order chi connectivity index (χ0) is 11.7. The first-order valence-corrected chi connectivity index (χ1v) is 6.11. The summed E-state index contributed by atoms with van der Waals surface area (Å²) in [6.45, 7) is 7.51. The number of rotatable bonds is 9. The van der Waals surface area contributed by atoms with Gasteiger partial charge in [0.2, 0.25) is 0 Å². The molecule has 0 aliphatic carbocycles. The molecule has 0 saturated heterocycles. The number of carboxylic acids is 1. The van der Waals surface area contributed by atoms with Crippen LogP contribution in [0.1, 0.15) is 52.9 Å². The van der Waals surface area contributed by atoms with Gasteiger partial charge in [-0.3, -0.25) is 9.69 Å². The van der Waals surface area contributed by atoms with E-state index in [2.05, 4.69) is 25.7 Å². The van der Waals surface area contributed by atoms with E-state index in [1.165, 1.54) is 0 Å². The lowest BCUT2D eigenvalue weighted by Gasteiger charge is -2.29. The first-order valence-electron chi connectivity index (χ1n) is 6.11. The van der Waals surface area contributed by atoms with Crippen molar-refractivity contribution >= 4 is 5.97 Å². The molecule has 0 bridgehead atoms. The van der Waals surface area contributed by atoms with Gasteiger partial charge in [0.1, 0.15) is 0 Å². The Kier molecular flexibility index (Phi) is 8.38. The predicted molar refractivity (Wildman–Crippen MR) is 63.1 cm³/mol. The van der Waals surface area contributed by atoms with Crippen LogP contribution in [0.2, 0.25) is 0 Å². The summed E-state index contributed by atoms with van der Waals surface area (Å²) in [6.07, 6.45) is 5.51. The summed E-state index contributed by atoms with van der Waals surface area (Å²) in [4.78, 5) is 12.9. The molecule has 0 aliphatic rings. The minimum absolute atomic E-state index is 0.193. The molecule has 0 spiro atoms. The summed E-state index contributed by atoms with van der Waals surface area (Å²) in [5.41, 5.74) is 0. The van der Waals surface area contributed by atoms with Crippen molar-refractivity contribution < 1.29 is 9.90 Å². The van der Waals surface area contributed by atoms with Crippen LogP contribution < -0.4 is 0 Å². The molecule has 90 valence electrons. The lowest BCUT2D eigenvalue weighted by Crippen LogP contribution is -2.39. The number of hydrogen-bond acceptors (Lipinski definition) is 2. The molecule has 0 heterocycles. The second-order valence-electron chi connectivity index (χ2n) is 4.10. The smallest absolute Gasteiger partial charge is 0.317 e. The van der Waals surface area contributed by atoms with Crippen LogP contribution in [0.4, 0.5) is 0 Å². The molecule has 15 heavy (non-hydrogen) atoms. The number of aliphatic carboxylic acids is 1. The standard InChI is InChI=1S/C12H25NO2/c1-4-7-11(8-5-2)13(9-6-3)10-12(14)15/h11H,4-10H2,1-3H3,(H,14,15). The maximum absolute atomic E-state index is 10.8. The molecule has 3 nitrogen and oxygen atoms in total. The summed E-state index contributed by atoms with van der Waals surface area (Å²) in [6, 6.07) is 0.455. The van der Waals surface area contributed by atoms with Crippen LogP contribution in [-0.2, 0) is 4.79 Å². The van der Waals surface area contributed by atoms with Gasteiger partial charge in [-0.2, -0.15) is 0 Å². The van der Waals surface area contributed by atoms with E-state index in [1.807, 2.05) is 0 Å². The van der Waals surface area contributed by atoms with Crippen LogP contribution in [0.15, 0.2) is 0 Å². The van der Waals surface area contributed by atoms with E-state index >= 15 is 0 Å². The molecular formula is C12H25NO2. The molecule has 0 aromatic rings. The van der Waals surface area contributed by atoms with Crippen LogP contribution in [0.25, 0.3) is 0 Å². The maximum Gasteiger partial charge on any atom is 0.317 e. The van der Waals surface area contributed by atoms with Crippen molar-refractivity contribution in [3.05, 3.63) is 0 Å². The van der Waals surface area contributed by atoms with Gasteiger partial charge in [0, 0.05) is 6.04 Å². The predicted octanol–water partition coefficient (Wildman–Crippen LogP) is 2.75. The highest BCUT2D eigenvalue weighted by atomic mass is 16.4. The Hall–Kier alpha value is -0.570. The van der Waals surface area contributed by atoms with E-state index in [0.29, 0.717) is 6.04 Å². The highest BCUT2D eigenvalue weighted by Crippen LogP contribution is 2.13. The zero-order valence-corrected chi connectivity index (χ0v) is 10.3. The molecule has 0 amide bonds. The molecule has 0 aromatic carbocycles. The fraction of sp³-hybridized carbons (Fsp3) is 0.917. The largest absolute Gasteiger partial charge is 0.480 e. The molecular weight excluding hydrogens is 190 g/mol. The Morgan fingerprint density at radius 3 is 2.00 bits per heavy atom. The van der Waals surface area contributed by atoms with Crippen LogP contribution in [0.5, 0.6) is 0 Å². The second kappa shape index (κ2) is 8.72. The Bertz CT molecular complexity index is 165. The Morgan fingerprint density at radius 2 is 1.67 bits per heavy atom. The van der Waals surface area contributed by atoms with E-state index in [9.17, 15) is 4.79 Å². The van der Waals surface area contributed by atoms with E-state index in [1.54, 1.807) is 0 Å². The topological polar surface area (TPSA) is 40.5 Å². The van der Waals surface area contributed by atoms with Crippen molar-refractivity contribution in [3.8, 4) is 0 Å². The Balaban J connectivity index is 4.28. The van der Waals surface area contributed by atoms with E-state index in [4.69, 9.17) is 5.11 Å². The molecule has 0 fully saturated rings. The molecule has 0 rings (SSSR count). The average Bonchev–Trinajstić information content (AvgIpc) is 2.16. The van der Waals surface area contributed by atoms with E-state index < -0.39 is 5.97 Å². The molecule has 1 N–H and O–H groups in total. The quantitative estimate of drug-likeness (QED) is 0.643. The summed E-state index contributed by atoms with van der Waals surface area (Å²) in [5.74, 6) is -0.708. The van der Waals surface area contributed by atoms with Gasteiger partial charge < -0.3 is 5.11 Å². The number of carbonyl (C=O) groups is 1. The molecule has 3 heteroatoms. The fourth-order valence-corrected chi connectivity index (χ4v) is 2.03. The molecule has 0 aromatic heterocycles. The lowest BCUT2D eigenvalue weighted by atomic mass is 10.0. The van der Waals surface area contributed by atoms with Crippen molar-refractivity contribution in [3.63, 3.8) is 0 Å². The molecule has 0 aliphatic heterocycles. The average molecular weight is 215 g/mol. The molecule has 0 atom stereocenters. The molecule has 0 saturated carbocycles. The van der Waals surface area contributed by atoms with Crippen LogP contribution in [0.3, 0.4) is 0 Å². The third kappa shape index (κ3) is 6.50. The van der Waals surface area contributed by atoms with Gasteiger partial charge in [-0.1, -0.05) is 33.6 Å². The molecule has 0 unspecified atom stereocenters. The SMILES string of the molecule is CCCC(CCC)N(CCC)CC(=O)O. The van der Waals surface area contributed by atoms with Gasteiger partial charge in [0.15, 0.2) is 0 Å². The summed E-state index contributed by atoms with van der Waals surface area (Å²) in [5, 5.41) is 8.85. The fourth-order valence-electron chi connectivity index (χ4n) is 2.03. The van der Waals surface area contributed by atoms with E-state index in [-0.39, 0.29) is 6.54 Å². The second-order valence-corrected chi connectivity index (χ2v) is 4.10. The number of carboxylic acid groups (broad SMARTS) is 1. The zero-order valence-electron chi connectivity index (χ0n) is 10.3. The van der Waals surface area contributed by atoms with Crippen molar-refractivity contribution in [1.29, 1.82) is 0 Å². The normalized spacial score (nSPS) is 11.3. The van der Waals surface area contributed by atoms with Gasteiger partial charge in [0.25, 0.3) is 0 Å². The number of nitrogens with zero attached hydrogens (tertiary/aromatic N) is 1. The minimum Gasteiger partial charge on any atom is -0.480 e. The highest BCUT2D eigenvalue weighted by molar-refractivity contribution is 5.69. The third-order valence-electron chi connectivity index (χ3n) is 2.61. The van der Waals surface area contributed by atoms with Gasteiger partial charge in [-0.25, -0.2) is 0 Å². The van der Waals surface area contributed by atoms with Crippen LogP contribution in [0, 0.1) is 0 Å². The summed E-state index contributed by atoms with van der Waals surface area (Å²) in [7, 11) is 0. The Labute approximate surface area is 93.5 Å². The van der Waals surface area contributed by atoms with Crippen LogP contribution >= 0.6 is 0 Å². The first-order chi connectivity index (χ1) is 7.15. The van der Waals surface area contributed by atoms with Gasteiger partial charge in [-0.05, 0) is 25.8 Å². The minimum atomic E-state index is -0.708. The monoisotopic (exact) mass is 215 g/mol. The van der Waals surface area contributed by atoms with Crippen molar-refractivity contribution in [2.45, 2.75) is 58.9 Å². The first kappa shape index (κ1) is 14.4. The van der Waals surface area contributed by atoms with Gasteiger partial charge in [-0.15, -0.1) is 0 Å². The van der Waals surface area contributed by atoms with Crippen molar-refractivity contribution in [2.75, 3.05) is 13.1 Å². The van der Waals surface area contributed by atoms with Crippen LogP contribution in [-0.4, -0.2) is 35.1 Å². The maximum atomic E-state index is 10.8. The Morgan fingerprint density at radius 1 is 1.13 bits per heavy atom. The number of hydrogen-bond donors (Lipinski definition) is 1.